The van der Waals surface area contributed by atoms with Crippen LogP contribution in [0.3, 0.4) is 0 Å². The minimum absolute atomic E-state index is 0.430. The number of nitrogens with one attached hydrogen (secondary N) is 1. The zero-order chi connectivity index (χ0) is 13.8. The Morgan fingerprint density at radius 3 is 2.79 bits per heavy atom. The number of hydrogen-bond acceptors (Lipinski definition) is 4. The molecule has 98 valence electrons. The molecule has 19 heavy (non-hydrogen) atoms. The lowest BCUT2D eigenvalue weighted by molar-refractivity contribution is -0.107. The van der Waals surface area contributed by atoms with Crippen molar-refractivity contribution in [1.82, 2.24) is 9.97 Å². The summed E-state index contributed by atoms with van der Waals surface area (Å²) in [6.07, 6.45) is 5.26. The number of aromatic nitrogens is 2. The molecule has 0 radical (unpaired) electrons. The molecule has 0 aliphatic carbocycles. The predicted molar refractivity (Wildman–Crippen MR) is 70.9 cm³/mol. The van der Waals surface area contributed by atoms with Gasteiger partial charge in [-0.25, -0.2) is 9.37 Å². The van der Waals surface area contributed by atoms with Crippen molar-refractivity contribution in [2.75, 3.05) is 17.3 Å². The molecule has 2 rings (SSSR count). The first-order valence-electron chi connectivity index (χ1n) is 5.63. The first kappa shape index (κ1) is 12.9. The van der Waals surface area contributed by atoms with Crippen molar-refractivity contribution in [2.24, 2.45) is 0 Å². The van der Waals surface area contributed by atoms with Gasteiger partial charge in [-0.1, -0.05) is 0 Å². The van der Waals surface area contributed by atoms with Crippen LogP contribution in [0.15, 0.2) is 30.7 Å². The number of nitrogens with zero attached hydrogens (tertiary/aromatic N) is 3. The molecule has 0 atom stereocenters. The molecule has 1 N–H and O–H groups in total. The van der Waals surface area contributed by atoms with Gasteiger partial charge in [0, 0.05) is 25.1 Å². The summed E-state index contributed by atoms with van der Waals surface area (Å²) < 4.78 is 13.6. The minimum Gasteiger partial charge on any atom is -0.339 e. The summed E-state index contributed by atoms with van der Waals surface area (Å²) >= 11 is 0. The second-order valence-electron chi connectivity index (χ2n) is 4.03. The summed E-state index contributed by atoms with van der Waals surface area (Å²) in [7, 11) is 1.57. The second kappa shape index (κ2) is 5.43. The molecule has 0 aliphatic heterocycles. The number of hydrogen-bond donors (Lipinski definition) is 1. The maximum Gasteiger partial charge on any atom is 0.213 e. The number of carbonyl (C=O) groups is 1. The van der Waals surface area contributed by atoms with E-state index in [2.05, 4.69) is 15.3 Å². The summed E-state index contributed by atoms with van der Waals surface area (Å²) in [6.45, 7) is 1.80. The summed E-state index contributed by atoms with van der Waals surface area (Å²) in [5.41, 5.74) is 1.80. The fourth-order valence-corrected chi connectivity index (χ4v) is 1.72. The van der Waals surface area contributed by atoms with Gasteiger partial charge in [-0.2, -0.15) is 0 Å². The number of benzene rings is 1. The minimum atomic E-state index is -0.430. The average Bonchev–Trinajstić information content (AvgIpc) is 2.42. The molecule has 6 heteroatoms. The van der Waals surface area contributed by atoms with Crippen LogP contribution in [-0.4, -0.2) is 23.4 Å². The van der Waals surface area contributed by atoms with Gasteiger partial charge in [0.1, 0.15) is 11.6 Å². The first-order chi connectivity index (χ1) is 9.11. The van der Waals surface area contributed by atoms with E-state index in [1.807, 2.05) is 0 Å². The highest BCUT2D eigenvalue weighted by Crippen LogP contribution is 2.28. The molecular weight excluding hydrogens is 247 g/mol. The van der Waals surface area contributed by atoms with Crippen LogP contribution in [0, 0.1) is 12.7 Å². The van der Waals surface area contributed by atoms with E-state index in [0.717, 1.165) is 5.56 Å². The van der Waals surface area contributed by atoms with E-state index in [-0.39, 0.29) is 0 Å². The summed E-state index contributed by atoms with van der Waals surface area (Å²) in [4.78, 5) is 20.1. The van der Waals surface area contributed by atoms with Crippen molar-refractivity contribution < 1.29 is 9.18 Å². The standard InChI is InChI=1S/C13H13FN4O/c1-9-11(17-13-7-15-3-4-16-13)5-10(14)6-12(9)18(2)8-19/h3-8H,1-2H3,(H,16,17). The molecule has 1 aromatic carbocycles. The Morgan fingerprint density at radius 1 is 1.37 bits per heavy atom. The number of amides is 1. The van der Waals surface area contributed by atoms with E-state index in [1.165, 1.54) is 29.4 Å². The van der Waals surface area contributed by atoms with Crippen LogP contribution in [0.25, 0.3) is 0 Å². The van der Waals surface area contributed by atoms with Gasteiger partial charge in [-0.15, -0.1) is 0 Å². The highest BCUT2D eigenvalue weighted by molar-refractivity contribution is 5.80. The van der Waals surface area contributed by atoms with Gasteiger partial charge >= 0.3 is 0 Å². The lowest BCUT2D eigenvalue weighted by atomic mass is 10.1. The molecule has 0 saturated carbocycles. The van der Waals surface area contributed by atoms with Crippen LogP contribution >= 0.6 is 0 Å². The van der Waals surface area contributed by atoms with Crippen LogP contribution in [0.5, 0.6) is 0 Å². The highest BCUT2D eigenvalue weighted by Gasteiger charge is 2.11. The lowest BCUT2D eigenvalue weighted by Crippen LogP contribution is -2.16. The molecule has 1 aromatic heterocycles. The summed E-state index contributed by atoms with van der Waals surface area (Å²) in [5.74, 6) is 0.0802. The maximum atomic E-state index is 13.6. The van der Waals surface area contributed by atoms with E-state index in [4.69, 9.17) is 0 Å². The quantitative estimate of drug-likeness (QED) is 0.857. The number of anilines is 3. The molecule has 1 heterocycles. The molecule has 0 unspecified atom stereocenters. The largest absolute Gasteiger partial charge is 0.339 e. The van der Waals surface area contributed by atoms with Crippen molar-refractivity contribution in [1.29, 1.82) is 0 Å². The summed E-state index contributed by atoms with van der Waals surface area (Å²) in [5, 5.41) is 2.98. The topological polar surface area (TPSA) is 58.1 Å². The Bertz CT molecular complexity index is 589. The van der Waals surface area contributed by atoms with E-state index in [0.29, 0.717) is 23.6 Å². The normalized spacial score (nSPS) is 10.1. The monoisotopic (exact) mass is 260 g/mol. The molecule has 0 aliphatic rings. The molecule has 0 spiro atoms. The van der Waals surface area contributed by atoms with Crippen molar-refractivity contribution >= 4 is 23.6 Å². The Morgan fingerprint density at radius 2 is 2.16 bits per heavy atom. The smallest absolute Gasteiger partial charge is 0.213 e. The Hall–Kier alpha value is -2.50. The molecule has 1 amide bonds. The van der Waals surface area contributed by atoms with Crippen LogP contribution in [-0.2, 0) is 4.79 Å². The molecule has 0 bridgehead atoms. The number of halogens is 1. The third kappa shape index (κ3) is 2.85. The highest BCUT2D eigenvalue weighted by atomic mass is 19.1. The van der Waals surface area contributed by atoms with E-state index in [9.17, 15) is 9.18 Å². The number of carbonyl (C=O) groups excluding carboxylic acids is 1. The van der Waals surface area contributed by atoms with Gasteiger partial charge in [0.25, 0.3) is 0 Å². The Kier molecular flexibility index (Phi) is 3.70. The van der Waals surface area contributed by atoms with Crippen molar-refractivity contribution in [3.05, 3.63) is 42.1 Å². The van der Waals surface area contributed by atoms with E-state index < -0.39 is 5.82 Å². The lowest BCUT2D eigenvalue weighted by Gasteiger charge is -2.17. The van der Waals surface area contributed by atoms with Crippen molar-refractivity contribution in [2.45, 2.75) is 6.92 Å². The average molecular weight is 260 g/mol. The molecule has 0 saturated heterocycles. The molecular formula is C13H13FN4O. The zero-order valence-corrected chi connectivity index (χ0v) is 10.6. The molecule has 5 nitrogen and oxygen atoms in total. The first-order valence-corrected chi connectivity index (χ1v) is 5.63. The van der Waals surface area contributed by atoms with Gasteiger partial charge in [-0.3, -0.25) is 9.78 Å². The van der Waals surface area contributed by atoms with Gasteiger partial charge < -0.3 is 10.2 Å². The molecule has 0 fully saturated rings. The summed E-state index contributed by atoms with van der Waals surface area (Å²) in [6, 6.07) is 2.66. The molecule has 2 aromatic rings. The van der Waals surface area contributed by atoms with Gasteiger partial charge in [0.15, 0.2) is 0 Å². The Balaban J connectivity index is 2.40. The third-order valence-electron chi connectivity index (χ3n) is 2.71. The van der Waals surface area contributed by atoms with Crippen molar-refractivity contribution in [3.8, 4) is 0 Å². The van der Waals surface area contributed by atoms with Crippen LogP contribution in [0.4, 0.5) is 21.6 Å². The SMILES string of the molecule is Cc1c(Nc2cnccn2)cc(F)cc1N(C)C=O. The van der Waals surface area contributed by atoms with E-state index in [1.54, 1.807) is 20.2 Å². The van der Waals surface area contributed by atoms with Crippen LogP contribution in [0.2, 0.25) is 0 Å². The fraction of sp³-hybridized carbons (Fsp3) is 0.154. The van der Waals surface area contributed by atoms with Crippen LogP contribution in [0.1, 0.15) is 5.56 Å². The van der Waals surface area contributed by atoms with Crippen LogP contribution < -0.4 is 10.2 Å². The van der Waals surface area contributed by atoms with Gasteiger partial charge in [0.2, 0.25) is 6.41 Å². The van der Waals surface area contributed by atoms with E-state index >= 15 is 0 Å². The van der Waals surface area contributed by atoms with Gasteiger partial charge in [0.05, 0.1) is 11.9 Å². The Labute approximate surface area is 110 Å². The second-order valence-corrected chi connectivity index (χ2v) is 4.03. The van der Waals surface area contributed by atoms with Gasteiger partial charge in [-0.05, 0) is 24.6 Å². The van der Waals surface area contributed by atoms with Crippen molar-refractivity contribution in [3.63, 3.8) is 0 Å². The number of rotatable bonds is 4. The third-order valence-corrected chi connectivity index (χ3v) is 2.71. The predicted octanol–water partition coefficient (Wildman–Crippen LogP) is 2.26. The zero-order valence-electron chi connectivity index (χ0n) is 10.6. The maximum absolute atomic E-state index is 13.6. The fourth-order valence-electron chi connectivity index (χ4n) is 1.72.